The van der Waals surface area contributed by atoms with Crippen molar-refractivity contribution in [2.24, 2.45) is 5.73 Å². The first-order valence-electron chi connectivity index (χ1n) is 4.90. The van der Waals surface area contributed by atoms with Gasteiger partial charge in [-0.15, -0.1) is 0 Å². The van der Waals surface area contributed by atoms with Crippen LogP contribution in [0.4, 0.5) is 0 Å². The monoisotopic (exact) mass is 281 g/mol. The molecule has 0 spiro atoms. The van der Waals surface area contributed by atoms with Gasteiger partial charge in [0, 0.05) is 6.54 Å². The second-order valence-corrected chi connectivity index (χ2v) is 4.38. The standard InChI is InChI=1S/C12H12BrNO2/c13-10-6-7-16-11(10)12(15,8-14)9-4-2-1-3-5-9/h1-7,15H,8,14H2. The number of benzene rings is 1. The number of halogens is 1. The third-order valence-electron chi connectivity index (χ3n) is 2.54. The lowest BCUT2D eigenvalue weighted by Gasteiger charge is -2.25. The summed E-state index contributed by atoms with van der Waals surface area (Å²) >= 11 is 3.33. The summed E-state index contributed by atoms with van der Waals surface area (Å²) in [5.74, 6) is 0.432. The van der Waals surface area contributed by atoms with Crippen LogP contribution in [-0.2, 0) is 5.60 Å². The first-order valence-corrected chi connectivity index (χ1v) is 5.69. The van der Waals surface area contributed by atoms with E-state index in [1.165, 1.54) is 6.26 Å². The Bertz CT molecular complexity index is 469. The van der Waals surface area contributed by atoms with E-state index in [2.05, 4.69) is 15.9 Å². The second kappa shape index (κ2) is 4.41. The molecule has 84 valence electrons. The maximum Gasteiger partial charge on any atom is 0.160 e. The van der Waals surface area contributed by atoms with Crippen LogP contribution in [0.25, 0.3) is 0 Å². The van der Waals surface area contributed by atoms with Crippen LogP contribution in [0.15, 0.2) is 51.6 Å². The molecule has 3 nitrogen and oxygen atoms in total. The van der Waals surface area contributed by atoms with Gasteiger partial charge in [-0.25, -0.2) is 0 Å². The van der Waals surface area contributed by atoms with Crippen molar-refractivity contribution in [3.63, 3.8) is 0 Å². The van der Waals surface area contributed by atoms with Gasteiger partial charge in [0.05, 0.1) is 10.7 Å². The second-order valence-electron chi connectivity index (χ2n) is 3.53. The first-order chi connectivity index (χ1) is 7.68. The van der Waals surface area contributed by atoms with Crippen LogP contribution < -0.4 is 5.73 Å². The van der Waals surface area contributed by atoms with Crippen LogP contribution in [0, 0.1) is 0 Å². The van der Waals surface area contributed by atoms with E-state index in [1.54, 1.807) is 6.07 Å². The molecule has 0 fully saturated rings. The number of rotatable bonds is 3. The van der Waals surface area contributed by atoms with Gasteiger partial charge in [0.1, 0.15) is 0 Å². The SMILES string of the molecule is NCC(O)(c1ccccc1)c1occc1Br. The van der Waals surface area contributed by atoms with Crippen LogP contribution >= 0.6 is 15.9 Å². The molecular formula is C12H12BrNO2. The average molecular weight is 282 g/mol. The highest BCUT2D eigenvalue weighted by atomic mass is 79.9. The molecule has 1 aromatic carbocycles. The smallest absolute Gasteiger partial charge is 0.160 e. The maximum atomic E-state index is 10.6. The quantitative estimate of drug-likeness (QED) is 0.907. The molecule has 1 unspecified atom stereocenters. The fourth-order valence-electron chi connectivity index (χ4n) is 1.64. The van der Waals surface area contributed by atoms with Crippen molar-refractivity contribution >= 4 is 15.9 Å². The molecule has 1 heterocycles. The van der Waals surface area contributed by atoms with Gasteiger partial charge in [-0.05, 0) is 27.6 Å². The van der Waals surface area contributed by atoms with Gasteiger partial charge in [0.25, 0.3) is 0 Å². The van der Waals surface area contributed by atoms with Gasteiger partial charge in [-0.2, -0.15) is 0 Å². The van der Waals surface area contributed by atoms with Crippen molar-refractivity contribution in [2.75, 3.05) is 6.54 Å². The van der Waals surface area contributed by atoms with E-state index in [4.69, 9.17) is 10.2 Å². The van der Waals surface area contributed by atoms with E-state index in [0.29, 0.717) is 15.8 Å². The van der Waals surface area contributed by atoms with Gasteiger partial charge in [-0.1, -0.05) is 30.3 Å². The summed E-state index contributed by atoms with van der Waals surface area (Å²) in [5, 5.41) is 10.6. The van der Waals surface area contributed by atoms with E-state index in [-0.39, 0.29) is 6.54 Å². The van der Waals surface area contributed by atoms with Crippen molar-refractivity contribution in [3.8, 4) is 0 Å². The van der Waals surface area contributed by atoms with Gasteiger partial charge in [0.2, 0.25) is 0 Å². The maximum absolute atomic E-state index is 10.6. The summed E-state index contributed by atoms with van der Waals surface area (Å²) in [5.41, 5.74) is 5.10. The fraction of sp³-hybridized carbons (Fsp3) is 0.167. The zero-order valence-corrected chi connectivity index (χ0v) is 10.1. The van der Waals surface area contributed by atoms with Crippen LogP contribution in [0.2, 0.25) is 0 Å². The minimum Gasteiger partial charge on any atom is -0.465 e. The third-order valence-corrected chi connectivity index (χ3v) is 3.16. The number of nitrogens with two attached hydrogens (primary N) is 1. The number of aliphatic hydroxyl groups is 1. The van der Waals surface area contributed by atoms with Crippen LogP contribution in [0.1, 0.15) is 11.3 Å². The van der Waals surface area contributed by atoms with Crippen molar-refractivity contribution < 1.29 is 9.52 Å². The zero-order chi connectivity index (χ0) is 11.6. The molecule has 0 saturated carbocycles. The van der Waals surface area contributed by atoms with Crippen LogP contribution in [-0.4, -0.2) is 11.7 Å². The predicted molar refractivity (Wildman–Crippen MR) is 64.9 cm³/mol. The fourth-order valence-corrected chi connectivity index (χ4v) is 2.17. The zero-order valence-electron chi connectivity index (χ0n) is 8.56. The normalized spacial score (nSPS) is 14.7. The minimum atomic E-state index is -1.29. The molecule has 3 N–H and O–H groups in total. The minimum absolute atomic E-state index is 0.0587. The molecule has 0 radical (unpaired) electrons. The van der Waals surface area contributed by atoms with Gasteiger partial charge in [-0.3, -0.25) is 0 Å². The highest BCUT2D eigenvalue weighted by Gasteiger charge is 2.34. The Morgan fingerprint density at radius 1 is 1.25 bits per heavy atom. The Labute approximate surface area is 102 Å². The van der Waals surface area contributed by atoms with Gasteiger partial charge >= 0.3 is 0 Å². The number of hydrogen-bond acceptors (Lipinski definition) is 3. The molecule has 16 heavy (non-hydrogen) atoms. The number of hydrogen-bond donors (Lipinski definition) is 2. The van der Waals surface area contributed by atoms with Crippen molar-refractivity contribution in [1.29, 1.82) is 0 Å². The lowest BCUT2D eigenvalue weighted by molar-refractivity contribution is 0.0648. The summed E-state index contributed by atoms with van der Waals surface area (Å²) in [6.45, 7) is 0.0587. The highest BCUT2D eigenvalue weighted by molar-refractivity contribution is 9.10. The topological polar surface area (TPSA) is 59.4 Å². The van der Waals surface area contributed by atoms with E-state index < -0.39 is 5.60 Å². The third kappa shape index (κ3) is 1.80. The molecule has 0 amide bonds. The Morgan fingerprint density at radius 3 is 2.44 bits per heavy atom. The lowest BCUT2D eigenvalue weighted by atomic mass is 9.91. The molecule has 0 bridgehead atoms. The Kier molecular flexibility index (Phi) is 3.14. The van der Waals surface area contributed by atoms with Crippen LogP contribution in [0.5, 0.6) is 0 Å². The first kappa shape index (κ1) is 11.4. The van der Waals surface area contributed by atoms with Crippen molar-refractivity contribution in [1.82, 2.24) is 0 Å². The molecule has 0 aliphatic rings. The van der Waals surface area contributed by atoms with Gasteiger partial charge < -0.3 is 15.3 Å². The summed E-state index contributed by atoms with van der Waals surface area (Å²) in [6.07, 6.45) is 1.52. The predicted octanol–water partition coefficient (Wildman–Crippen LogP) is 2.24. The van der Waals surface area contributed by atoms with E-state index >= 15 is 0 Å². The largest absolute Gasteiger partial charge is 0.465 e. The summed E-state index contributed by atoms with van der Waals surface area (Å²) in [6, 6.07) is 11.0. The molecule has 0 aliphatic heterocycles. The molecule has 1 atom stereocenters. The molecule has 2 aromatic rings. The summed E-state index contributed by atoms with van der Waals surface area (Å²) in [7, 11) is 0. The van der Waals surface area contributed by atoms with Crippen molar-refractivity contribution in [3.05, 3.63) is 58.5 Å². The molecule has 1 aromatic heterocycles. The van der Waals surface area contributed by atoms with Gasteiger partial charge in [0.15, 0.2) is 11.4 Å². The molecule has 0 aliphatic carbocycles. The van der Waals surface area contributed by atoms with Crippen LogP contribution in [0.3, 0.4) is 0 Å². The average Bonchev–Trinajstić information content (AvgIpc) is 2.76. The molecular weight excluding hydrogens is 270 g/mol. The Morgan fingerprint density at radius 2 is 1.94 bits per heavy atom. The van der Waals surface area contributed by atoms with Crippen molar-refractivity contribution in [2.45, 2.75) is 5.60 Å². The Balaban J connectivity index is 2.53. The van der Waals surface area contributed by atoms with E-state index in [1.807, 2.05) is 30.3 Å². The molecule has 2 rings (SSSR count). The summed E-state index contributed by atoms with van der Waals surface area (Å²) in [4.78, 5) is 0. The number of furan rings is 1. The van der Waals surface area contributed by atoms with E-state index in [0.717, 1.165) is 0 Å². The van der Waals surface area contributed by atoms with E-state index in [9.17, 15) is 5.11 Å². The molecule has 4 heteroatoms. The Hall–Kier alpha value is -1.10. The highest BCUT2D eigenvalue weighted by Crippen LogP contribution is 2.34. The summed E-state index contributed by atoms with van der Waals surface area (Å²) < 4.78 is 6.01. The molecule has 0 saturated heterocycles. The lowest BCUT2D eigenvalue weighted by Crippen LogP contribution is -2.36.